The first kappa shape index (κ1) is 11.5. The molecule has 2 rings (SSSR count). The summed E-state index contributed by atoms with van der Waals surface area (Å²) in [5.41, 5.74) is 7.26. The number of hydrogen-bond donors (Lipinski definition) is 2. The highest BCUT2D eigenvalue weighted by Crippen LogP contribution is 2.13. The summed E-state index contributed by atoms with van der Waals surface area (Å²) < 4.78 is 0. The highest BCUT2D eigenvalue weighted by Gasteiger charge is 1.94. The molecular formula is C12H17N3. The van der Waals surface area contributed by atoms with Gasteiger partial charge in [-0.2, -0.15) is 0 Å². The summed E-state index contributed by atoms with van der Waals surface area (Å²) in [5, 5.41) is 0. The zero-order chi connectivity index (χ0) is 10.9. The molecule has 0 aliphatic heterocycles. The molecule has 0 atom stereocenters. The summed E-state index contributed by atoms with van der Waals surface area (Å²) in [6.45, 7) is 2.88. The number of aromatic nitrogens is 2. The Bertz CT molecular complexity index is 338. The molecule has 0 aliphatic rings. The number of nitrogens with zero attached hydrogens (tertiary/aromatic N) is 1. The number of H-pyrrole nitrogens is 1. The second-order valence-corrected chi connectivity index (χ2v) is 3.12. The van der Waals surface area contributed by atoms with Crippen molar-refractivity contribution in [3.8, 4) is 11.3 Å². The van der Waals surface area contributed by atoms with Crippen LogP contribution in [0, 0.1) is 0 Å². The normalized spacial score (nSPS) is 9.20. The molecule has 1 heterocycles. The number of nitrogens with one attached hydrogen (secondary N) is 1. The average molecular weight is 203 g/mol. The first-order valence-electron chi connectivity index (χ1n) is 5.12. The fourth-order valence-corrected chi connectivity index (χ4v) is 1.03. The van der Waals surface area contributed by atoms with Gasteiger partial charge in [0.25, 0.3) is 0 Å². The molecule has 1 aromatic carbocycles. The Balaban J connectivity index is 0.000000245. The third-order valence-corrected chi connectivity index (χ3v) is 1.87. The molecule has 0 radical (unpaired) electrons. The highest BCUT2D eigenvalue weighted by molar-refractivity contribution is 5.57. The molecule has 15 heavy (non-hydrogen) atoms. The molecule has 1 aromatic heterocycles. The Morgan fingerprint density at radius 3 is 2.40 bits per heavy atom. The maximum Gasteiger partial charge on any atom is 0.0924 e. The van der Waals surface area contributed by atoms with E-state index < -0.39 is 0 Å². The zero-order valence-electron chi connectivity index (χ0n) is 8.98. The van der Waals surface area contributed by atoms with Gasteiger partial charge in [-0.3, -0.25) is 0 Å². The first-order chi connectivity index (χ1) is 7.38. The lowest BCUT2D eigenvalue weighted by Crippen LogP contribution is -1.93. The lowest BCUT2D eigenvalue weighted by Gasteiger charge is -1.93. The molecule has 3 nitrogen and oxygen atoms in total. The van der Waals surface area contributed by atoms with Gasteiger partial charge in [-0.15, -0.1) is 0 Å². The van der Waals surface area contributed by atoms with Crippen molar-refractivity contribution in [1.82, 2.24) is 9.97 Å². The van der Waals surface area contributed by atoms with E-state index in [1.165, 1.54) is 5.56 Å². The number of imidazole rings is 1. The van der Waals surface area contributed by atoms with Crippen LogP contribution in [0.3, 0.4) is 0 Å². The second-order valence-electron chi connectivity index (χ2n) is 3.12. The summed E-state index contributed by atoms with van der Waals surface area (Å²) in [6.07, 6.45) is 4.59. The molecule has 0 fully saturated rings. The monoisotopic (exact) mass is 203 g/mol. The van der Waals surface area contributed by atoms with Crippen molar-refractivity contribution in [1.29, 1.82) is 0 Å². The van der Waals surface area contributed by atoms with Gasteiger partial charge in [0.1, 0.15) is 0 Å². The smallest absolute Gasteiger partial charge is 0.0924 e. The molecule has 3 N–H and O–H groups in total. The van der Waals surface area contributed by atoms with Crippen molar-refractivity contribution in [2.45, 2.75) is 13.3 Å². The van der Waals surface area contributed by atoms with Crippen LogP contribution in [0.5, 0.6) is 0 Å². The van der Waals surface area contributed by atoms with Gasteiger partial charge in [0, 0.05) is 0 Å². The van der Waals surface area contributed by atoms with Crippen molar-refractivity contribution in [3.05, 3.63) is 42.9 Å². The van der Waals surface area contributed by atoms with Gasteiger partial charge in [-0.25, -0.2) is 4.98 Å². The summed E-state index contributed by atoms with van der Waals surface area (Å²) in [5.74, 6) is 0. The number of rotatable bonds is 2. The molecular weight excluding hydrogens is 186 g/mol. The standard InChI is InChI=1S/C9H8N2.C3H9N/c1-2-4-8(5-3-1)9-6-10-7-11-9;1-2-3-4/h1-7H,(H,10,11);2-4H2,1H3. The first-order valence-corrected chi connectivity index (χ1v) is 5.12. The minimum atomic E-state index is 0.819. The van der Waals surface area contributed by atoms with Crippen molar-refractivity contribution < 1.29 is 0 Å². The summed E-state index contributed by atoms with van der Waals surface area (Å²) in [7, 11) is 0. The van der Waals surface area contributed by atoms with E-state index in [4.69, 9.17) is 5.73 Å². The number of nitrogens with two attached hydrogens (primary N) is 1. The van der Waals surface area contributed by atoms with E-state index in [1.807, 2.05) is 36.5 Å². The van der Waals surface area contributed by atoms with E-state index in [0.29, 0.717) is 0 Å². The number of aromatic amines is 1. The minimum absolute atomic E-state index is 0.819. The van der Waals surface area contributed by atoms with Crippen molar-refractivity contribution in [2.24, 2.45) is 5.73 Å². The number of benzene rings is 1. The van der Waals surface area contributed by atoms with Crippen LogP contribution in [0.2, 0.25) is 0 Å². The Labute approximate surface area is 90.4 Å². The van der Waals surface area contributed by atoms with Gasteiger partial charge in [-0.05, 0) is 18.5 Å². The summed E-state index contributed by atoms with van der Waals surface area (Å²) in [6, 6.07) is 10.1. The van der Waals surface area contributed by atoms with Crippen LogP contribution in [-0.2, 0) is 0 Å². The van der Waals surface area contributed by atoms with Gasteiger partial charge in [0.05, 0.1) is 18.2 Å². The van der Waals surface area contributed by atoms with E-state index in [-0.39, 0.29) is 0 Å². The Morgan fingerprint density at radius 1 is 1.27 bits per heavy atom. The van der Waals surface area contributed by atoms with E-state index in [9.17, 15) is 0 Å². The minimum Gasteiger partial charge on any atom is -0.345 e. The van der Waals surface area contributed by atoms with Gasteiger partial charge >= 0.3 is 0 Å². The highest BCUT2D eigenvalue weighted by atomic mass is 14.9. The quantitative estimate of drug-likeness (QED) is 0.787. The molecule has 0 unspecified atom stereocenters. The Morgan fingerprint density at radius 2 is 1.93 bits per heavy atom. The molecule has 0 bridgehead atoms. The predicted molar refractivity (Wildman–Crippen MR) is 63.4 cm³/mol. The topological polar surface area (TPSA) is 54.7 Å². The second kappa shape index (κ2) is 6.79. The van der Waals surface area contributed by atoms with Crippen molar-refractivity contribution >= 4 is 0 Å². The van der Waals surface area contributed by atoms with Crippen LogP contribution in [0.15, 0.2) is 42.9 Å². The molecule has 3 heteroatoms. The van der Waals surface area contributed by atoms with Crippen molar-refractivity contribution in [2.75, 3.05) is 6.54 Å². The van der Waals surface area contributed by atoms with Crippen LogP contribution < -0.4 is 5.73 Å². The molecule has 0 amide bonds. The van der Waals surface area contributed by atoms with E-state index in [1.54, 1.807) is 6.33 Å². The maximum atomic E-state index is 5.03. The van der Waals surface area contributed by atoms with E-state index in [2.05, 4.69) is 16.9 Å². The fourth-order valence-electron chi connectivity index (χ4n) is 1.03. The number of hydrogen-bond acceptors (Lipinski definition) is 2. The summed E-state index contributed by atoms with van der Waals surface area (Å²) >= 11 is 0. The summed E-state index contributed by atoms with van der Waals surface area (Å²) in [4.78, 5) is 6.99. The molecule has 2 aromatic rings. The van der Waals surface area contributed by atoms with Gasteiger partial charge in [-0.1, -0.05) is 37.3 Å². The Hall–Kier alpha value is -1.61. The van der Waals surface area contributed by atoms with Gasteiger partial charge in [0.2, 0.25) is 0 Å². The maximum absolute atomic E-state index is 5.03. The van der Waals surface area contributed by atoms with Crippen molar-refractivity contribution in [3.63, 3.8) is 0 Å². The largest absolute Gasteiger partial charge is 0.345 e. The third-order valence-electron chi connectivity index (χ3n) is 1.87. The molecule has 0 saturated carbocycles. The van der Waals surface area contributed by atoms with Crippen LogP contribution in [0.4, 0.5) is 0 Å². The van der Waals surface area contributed by atoms with Crippen LogP contribution in [0.25, 0.3) is 11.3 Å². The molecule has 0 saturated heterocycles. The Kier molecular flexibility index (Phi) is 5.19. The lowest BCUT2D eigenvalue weighted by molar-refractivity contribution is 0.932. The van der Waals surface area contributed by atoms with E-state index >= 15 is 0 Å². The fraction of sp³-hybridized carbons (Fsp3) is 0.250. The third kappa shape index (κ3) is 3.95. The lowest BCUT2D eigenvalue weighted by atomic mass is 10.2. The molecule has 0 aliphatic carbocycles. The van der Waals surface area contributed by atoms with Gasteiger partial charge in [0.15, 0.2) is 0 Å². The SMILES string of the molecule is CCCN.c1ccc(-c2cnc[nH]2)cc1. The molecule has 0 spiro atoms. The van der Waals surface area contributed by atoms with Crippen LogP contribution in [0.1, 0.15) is 13.3 Å². The predicted octanol–water partition coefficient (Wildman–Crippen LogP) is 2.43. The van der Waals surface area contributed by atoms with Crippen LogP contribution >= 0.6 is 0 Å². The van der Waals surface area contributed by atoms with E-state index in [0.717, 1.165) is 18.7 Å². The van der Waals surface area contributed by atoms with Crippen LogP contribution in [-0.4, -0.2) is 16.5 Å². The average Bonchev–Trinajstić information content (AvgIpc) is 2.84. The zero-order valence-corrected chi connectivity index (χ0v) is 8.98. The van der Waals surface area contributed by atoms with Gasteiger partial charge < -0.3 is 10.7 Å². The molecule has 80 valence electrons.